The standard InChI is InChI=1S/C27H35N7O2S/c1-8-33(16-15-28-37(7,35)36)21-13-14-22(19(3)17-21)29-23-24(27(4,5)6)31-34-26(23)30-25(32-34)20-11-9-18(2)10-12-20/h9-14,17,28H,8,15-16H2,1-7H3/b29-23-. The van der Waals surface area contributed by atoms with Crippen molar-refractivity contribution >= 4 is 32.8 Å². The summed E-state index contributed by atoms with van der Waals surface area (Å²) in [5.41, 5.74) is 6.27. The van der Waals surface area contributed by atoms with Crippen molar-refractivity contribution in [1.29, 1.82) is 0 Å². The lowest BCUT2D eigenvalue weighted by molar-refractivity contribution is 0.587. The van der Waals surface area contributed by atoms with E-state index < -0.39 is 10.0 Å². The number of fused-ring (bicyclic) bond motifs is 1. The van der Waals surface area contributed by atoms with Gasteiger partial charge in [0.1, 0.15) is 5.71 Å². The molecule has 0 aliphatic carbocycles. The number of aryl methyl sites for hydroxylation is 2. The number of hydrogen-bond acceptors (Lipinski definition) is 7. The van der Waals surface area contributed by atoms with Crippen LogP contribution in [-0.4, -0.2) is 60.6 Å². The fraction of sp³-hybridized carbons (Fsp3) is 0.407. The highest BCUT2D eigenvalue weighted by Gasteiger charge is 2.35. The quantitative estimate of drug-likeness (QED) is 0.475. The lowest BCUT2D eigenvalue weighted by atomic mass is 9.87. The number of aromatic nitrogens is 3. The molecular formula is C27H35N7O2S. The van der Waals surface area contributed by atoms with Gasteiger partial charge in [0.25, 0.3) is 0 Å². The predicted molar refractivity (Wildman–Crippen MR) is 151 cm³/mol. The Kier molecular flexibility index (Phi) is 7.34. The Morgan fingerprint density at radius 1 is 1.08 bits per heavy atom. The van der Waals surface area contributed by atoms with Crippen LogP contribution in [0, 0.1) is 19.3 Å². The molecule has 1 N–H and O–H groups in total. The van der Waals surface area contributed by atoms with Crippen molar-refractivity contribution in [3.05, 3.63) is 59.4 Å². The first kappa shape index (κ1) is 26.7. The highest BCUT2D eigenvalue weighted by molar-refractivity contribution is 7.88. The Labute approximate surface area is 219 Å². The van der Waals surface area contributed by atoms with Crippen molar-refractivity contribution in [2.45, 2.75) is 41.5 Å². The van der Waals surface area contributed by atoms with Crippen LogP contribution in [0.4, 0.5) is 11.4 Å². The van der Waals surface area contributed by atoms with E-state index in [1.807, 2.05) is 50.2 Å². The summed E-state index contributed by atoms with van der Waals surface area (Å²) in [4.78, 5) is 13.6. The summed E-state index contributed by atoms with van der Waals surface area (Å²) in [6.45, 7) is 14.1. The van der Waals surface area contributed by atoms with Crippen LogP contribution in [0.3, 0.4) is 0 Å². The second kappa shape index (κ2) is 10.2. The zero-order chi connectivity index (χ0) is 27.0. The lowest BCUT2D eigenvalue weighted by Crippen LogP contribution is -2.34. The Balaban J connectivity index is 1.67. The van der Waals surface area contributed by atoms with Crippen LogP contribution in [0.2, 0.25) is 0 Å². The van der Waals surface area contributed by atoms with E-state index >= 15 is 0 Å². The van der Waals surface area contributed by atoms with Crippen LogP contribution in [0.5, 0.6) is 0 Å². The molecule has 0 fully saturated rings. The Bertz CT molecular complexity index is 1460. The van der Waals surface area contributed by atoms with E-state index in [0.717, 1.165) is 40.5 Å². The topological polar surface area (TPSA) is 105 Å². The number of aliphatic imine (C=N–C) groups is 1. The van der Waals surface area contributed by atoms with Gasteiger partial charge in [0.05, 0.1) is 17.7 Å². The third-order valence-electron chi connectivity index (χ3n) is 6.15. The molecule has 3 aromatic rings. The van der Waals surface area contributed by atoms with Crippen molar-refractivity contribution in [1.82, 2.24) is 19.6 Å². The number of rotatable bonds is 8. The van der Waals surface area contributed by atoms with Crippen LogP contribution < -0.4 is 9.62 Å². The first-order valence-electron chi connectivity index (χ1n) is 12.4. The number of nitrogens with zero attached hydrogens (tertiary/aromatic N) is 6. The molecule has 4 rings (SSSR count). The SMILES string of the molecule is CCN(CCNS(C)(=O)=O)c1ccc(/N=C2/C(C(C)(C)C)=Nn3nc(-c4ccc(C)cc4)nc32)c(C)c1. The van der Waals surface area contributed by atoms with Crippen LogP contribution in [0.25, 0.3) is 11.4 Å². The summed E-state index contributed by atoms with van der Waals surface area (Å²) in [7, 11) is -3.22. The van der Waals surface area contributed by atoms with E-state index in [1.54, 1.807) is 4.79 Å². The van der Waals surface area contributed by atoms with Crippen LogP contribution in [-0.2, 0) is 10.0 Å². The fourth-order valence-corrected chi connectivity index (χ4v) is 4.58. The summed E-state index contributed by atoms with van der Waals surface area (Å²) in [5.74, 6) is 1.25. The molecule has 0 bridgehead atoms. The molecule has 0 saturated heterocycles. The summed E-state index contributed by atoms with van der Waals surface area (Å²) in [5, 5.41) is 9.42. The smallest absolute Gasteiger partial charge is 0.208 e. The largest absolute Gasteiger partial charge is 0.370 e. The van der Waals surface area contributed by atoms with E-state index in [2.05, 4.69) is 48.5 Å². The van der Waals surface area contributed by atoms with Gasteiger partial charge in [-0.25, -0.2) is 23.1 Å². The average molecular weight is 522 g/mol. The zero-order valence-corrected chi connectivity index (χ0v) is 23.4. The summed E-state index contributed by atoms with van der Waals surface area (Å²) < 4.78 is 25.4. The maximum absolute atomic E-state index is 11.4. The van der Waals surface area contributed by atoms with Gasteiger partial charge in [-0.3, -0.25) is 0 Å². The van der Waals surface area contributed by atoms with Gasteiger partial charge in [-0.05, 0) is 44.5 Å². The van der Waals surface area contributed by atoms with Gasteiger partial charge >= 0.3 is 0 Å². The first-order valence-corrected chi connectivity index (χ1v) is 14.3. The molecular weight excluding hydrogens is 486 g/mol. The molecule has 1 aromatic heterocycles. The number of benzene rings is 2. The molecule has 1 aliphatic heterocycles. The van der Waals surface area contributed by atoms with Crippen molar-refractivity contribution in [2.24, 2.45) is 15.5 Å². The molecule has 0 saturated carbocycles. The van der Waals surface area contributed by atoms with Gasteiger partial charge in [0.2, 0.25) is 15.8 Å². The average Bonchev–Trinajstić information content (AvgIpc) is 3.37. The van der Waals surface area contributed by atoms with Gasteiger partial charge in [0, 0.05) is 36.3 Å². The third-order valence-corrected chi connectivity index (χ3v) is 6.88. The van der Waals surface area contributed by atoms with Crippen LogP contribution in [0.1, 0.15) is 44.6 Å². The molecule has 2 heterocycles. The molecule has 0 atom stereocenters. The van der Waals surface area contributed by atoms with E-state index in [-0.39, 0.29) is 5.41 Å². The summed E-state index contributed by atoms with van der Waals surface area (Å²) >= 11 is 0. The normalized spacial score (nSPS) is 14.7. The monoisotopic (exact) mass is 521 g/mol. The Hall–Kier alpha value is -3.37. The van der Waals surface area contributed by atoms with Gasteiger partial charge in [-0.15, -0.1) is 9.89 Å². The van der Waals surface area contributed by atoms with Gasteiger partial charge in [0.15, 0.2) is 5.82 Å². The number of hydrogen-bond donors (Lipinski definition) is 1. The molecule has 2 aromatic carbocycles. The molecule has 0 amide bonds. The Morgan fingerprint density at radius 3 is 2.38 bits per heavy atom. The number of anilines is 1. The number of likely N-dealkylation sites (N-methyl/N-ethyl adjacent to an activating group) is 1. The predicted octanol–water partition coefficient (Wildman–Crippen LogP) is 4.32. The number of nitrogens with one attached hydrogen (secondary N) is 1. The van der Waals surface area contributed by atoms with E-state index in [0.29, 0.717) is 24.7 Å². The Morgan fingerprint density at radius 2 is 1.78 bits per heavy atom. The lowest BCUT2D eigenvalue weighted by Gasteiger charge is -2.24. The minimum Gasteiger partial charge on any atom is -0.370 e. The summed E-state index contributed by atoms with van der Waals surface area (Å²) in [6.07, 6.45) is 1.17. The van der Waals surface area contributed by atoms with Crippen LogP contribution in [0.15, 0.2) is 52.6 Å². The van der Waals surface area contributed by atoms with Gasteiger partial charge in [-0.1, -0.05) is 50.6 Å². The van der Waals surface area contributed by atoms with Crippen molar-refractivity contribution in [3.63, 3.8) is 0 Å². The second-order valence-electron chi connectivity index (χ2n) is 10.4. The molecule has 10 heteroatoms. The number of sulfonamides is 1. The molecule has 9 nitrogen and oxygen atoms in total. The molecule has 1 aliphatic rings. The maximum Gasteiger partial charge on any atom is 0.208 e. The first-order chi connectivity index (χ1) is 17.4. The van der Waals surface area contributed by atoms with Crippen molar-refractivity contribution < 1.29 is 8.42 Å². The molecule has 0 radical (unpaired) electrons. The highest BCUT2D eigenvalue weighted by atomic mass is 32.2. The maximum atomic E-state index is 11.4. The summed E-state index contributed by atoms with van der Waals surface area (Å²) in [6, 6.07) is 14.2. The van der Waals surface area contributed by atoms with Crippen molar-refractivity contribution in [2.75, 3.05) is 30.8 Å². The minimum atomic E-state index is -3.22. The van der Waals surface area contributed by atoms with E-state index in [9.17, 15) is 8.42 Å². The van der Waals surface area contributed by atoms with E-state index in [1.165, 1.54) is 11.8 Å². The van der Waals surface area contributed by atoms with Crippen LogP contribution >= 0.6 is 0 Å². The van der Waals surface area contributed by atoms with Crippen molar-refractivity contribution in [3.8, 4) is 11.4 Å². The third kappa shape index (κ3) is 6.14. The minimum absolute atomic E-state index is 0.245. The molecule has 0 unspecified atom stereocenters. The fourth-order valence-electron chi connectivity index (χ4n) is 4.12. The molecule has 37 heavy (non-hydrogen) atoms. The highest BCUT2D eigenvalue weighted by Crippen LogP contribution is 2.31. The van der Waals surface area contributed by atoms with Gasteiger partial charge < -0.3 is 4.90 Å². The van der Waals surface area contributed by atoms with E-state index in [4.69, 9.17) is 15.1 Å². The second-order valence-corrected chi connectivity index (χ2v) is 12.2. The zero-order valence-electron chi connectivity index (χ0n) is 22.6. The molecule has 0 spiro atoms. The van der Waals surface area contributed by atoms with Gasteiger partial charge in [-0.2, -0.15) is 5.10 Å². The molecule has 196 valence electrons.